The smallest absolute Gasteiger partial charge is 0.306 e. The average molecular weight is 374 g/mol. The van der Waals surface area contributed by atoms with Crippen molar-refractivity contribution in [3.05, 3.63) is 42.0 Å². The number of fused-ring (bicyclic) bond motifs is 1. The maximum atomic E-state index is 12.7. The zero-order valence-electron chi connectivity index (χ0n) is 16.0. The van der Waals surface area contributed by atoms with Crippen LogP contribution in [-0.4, -0.2) is 40.9 Å². The maximum Gasteiger partial charge on any atom is 0.306 e. The maximum absolute atomic E-state index is 12.7. The predicted molar refractivity (Wildman–Crippen MR) is 100 cm³/mol. The molecular weight excluding hydrogens is 348 g/mol. The van der Waals surface area contributed by atoms with Crippen LogP contribution in [0.1, 0.15) is 49.5 Å². The molecule has 1 aromatic rings. The van der Waals surface area contributed by atoms with Gasteiger partial charge in [0.05, 0.1) is 0 Å². The fourth-order valence-electron chi connectivity index (χ4n) is 2.92. The van der Waals surface area contributed by atoms with Gasteiger partial charge in [-0.3, -0.25) is 14.4 Å². The highest BCUT2D eigenvalue weighted by Crippen LogP contribution is 2.29. The Morgan fingerprint density at radius 1 is 1.37 bits per heavy atom. The average Bonchev–Trinajstić information content (AvgIpc) is 2.87. The molecule has 7 heteroatoms. The highest BCUT2D eigenvalue weighted by atomic mass is 16.6. The van der Waals surface area contributed by atoms with Crippen LogP contribution in [-0.2, 0) is 20.9 Å². The summed E-state index contributed by atoms with van der Waals surface area (Å²) in [6.07, 6.45) is 1.74. The molecule has 1 atom stereocenters. The monoisotopic (exact) mass is 374 g/mol. The van der Waals surface area contributed by atoms with Crippen LogP contribution < -0.4 is 10.5 Å². The van der Waals surface area contributed by atoms with Crippen molar-refractivity contribution in [2.75, 3.05) is 6.61 Å². The third-order valence-electron chi connectivity index (χ3n) is 4.02. The second-order valence-corrected chi connectivity index (χ2v) is 7.39. The number of primary amides is 1. The van der Waals surface area contributed by atoms with Gasteiger partial charge in [0, 0.05) is 18.5 Å². The third-order valence-corrected chi connectivity index (χ3v) is 4.02. The van der Waals surface area contributed by atoms with Gasteiger partial charge in [-0.25, -0.2) is 0 Å². The topological polar surface area (TPSA) is 98.9 Å². The lowest BCUT2D eigenvalue weighted by molar-refractivity contribution is -0.155. The predicted octanol–water partition coefficient (Wildman–Crippen LogP) is 2.18. The van der Waals surface area contributed by atoms with E-state index in [0.717, 1.165) is 5.56 Å². The number of carbonyl (C=O) groups is 3. The van der Waals surface area contributed by atoms with Gasteiger partial charge in [-0.05, 0) is 51.0 Å². The fraction of sp³-hybridized carbons (Fsp3) is 0.450. The molecule has 0 fully saturated rings. The molecule has 0 aromatic heterocycles. The summed E-state index contributed by atoms with van der Waals surface area (Å²) in [4.78, 5) is 38.0. The minimum atomic E-state index is -0.880. The Kier molecular flexibility index (Phi) is 6.25. The van der Waals surface area contributed by atoms with E-state index >= 15 is 0 Å². The molecule has 0 saturated heterocycles. The fourth-order valence-corrected chi connectivity index (χ4v) is 2.92. The Bertz CT molecular complexity index is 751. The van der Waals surface area contributed by atoms with Gasteiger partial charge in [0.2, 0.25) is 5.91 Å². The van der Waals surface area contributed by atoms with Gasteiger partial charge in [-0.1, -0.05) is 12.7 Å². The van der Waals surface area contributed by atoms with Gasteiger partial charge < -0.3 is 20.1 Å². The number of amides is 2. The standard InChI is InChI=1S/C20H26N2O5/c1-5-10-26-14-6-7-15-13(11-14)12-22(19(15)25)16(18(21)24)8-9-17(23)27-20(2,3)4/h5-7,11,16H,1,8-10,12H2,2-4H3,(H2,21,24). The molecule has 1 unspecified atom stereocenters. The van der Waals surface area contributed by atoms with Crippen LogP contribution in [0, 0.1) is 0 Å². The molecule has 0 bridgehead atoms. The van der Waals surface area contributed by atoms with Crippen LogP contribution in [0.3, 0.4) is 0 Å². The molecule has 1 aliphatic heterocycles. The van der Waals surface area contributed by atoms with Crippen molar-refractivity contribution < 1.29 is 23.9 Å². The van der Waals surface area contributed by atoms with Crippen molar-refractivity contribution in [2.24, 2.45) is 5.73 Å². The molecule has 2 N–H and O–H groups in total. The van der Waals surface area contributed by atoms with Gasteiger partial charge in [0.25, 0.3) is 5.91 Å². The van der Waals surface area contributed by atoms with Crippen LogP contribution in [0.5, 0.6) is 5.75 Å². The summed E-state index contributed by atoms with van der Waals surface area (Å²) in [6, 6.07) is 4.25. The van der Waals surface area contributed by atoms with Gasteiger partial charge in [0.15, 0.2) is 0 Å². The highest BCUT2D eigenvalue weighted by molar-refractivity contribution is 6.01. The molecule has 2 rings (SSSR count). The summed E-state index contributed by atoms with van der Waals surface area (Å²) in [7, 11) is 0. The van der Waals surface area contributed by atoms with E-state index in [9.17, 15) is 14.4 Å². The van der Waals surface area contributed by atoms with E-state index in [1.807, 2.05) is 0 Å². The molecule has 146 valence electrons. The lowest BCUT2D eigenvalue weighted by Crippen LogP contribution is -2.45. The van der Waals surface area contributed by atoms with Crippen LogP contribution in [0.15, 0.2) is 30.9 Å². The Labute approximate surface area is 159 Å². The number of hydrogen-bond donors (Lipinski definition) is 1. The van der Waals surface area contributed by atoms with E-state index < -0.39 is 23.5 Å². The minimum Gasteiger partial charge on any atom is -0.490 e. The molecule has 0 radical (unpaired) electrons. The number of nitrogens with zero attached hydrogens (tertiary/aromatic N) is 1. The number of hydrogen-bond acceptors (Lipinski definition) is 5. The number of ether oxygens (including phenoxy) is 2. The molecule has 7 nitrogen and oxygen atoms in total. The Hall–Kier alpha value is -2.83. The summed E-state index contributed by atoms with van der Waals surface area (Å²) >= 11 is 0. The van der Waals surface area contributed by atoms with E-state index in [2.05, 4.69) is 6.58 Å². The van der Waals surface area contributed by atoms with Crippen molar-refractivity contribution in [1.29, 1.82) is 0 Å². The first kappa shape index (κ1) is 20.5. The van der Waals surface area contributed by atoms with Crippen molar-refractivity contribution in [1.82, 2.24) is 4.90 Å². The second kappa shape index (κ2) is 8.24. The zero-order valence-corrected chi connectivity index (χ0v) is 16.0. The summed E-state index contributed by atoms with van der Waals surface area (Å²) in [5.74, 6) is -0.748. The first-order valence-corrected chi connectivity index (χ1v) is 8.81. The van der Waals surface area contributed by atoms with Gasteiger partial charge in [-0.15, -0.1) is 0 Å². The normalized spacial score (nSPS) is 14.5. The first-order chi connectivity index (χ1) is 12.6. The SMILES string of the molecule is C=CCOc1ccc2c(c1)CN(C(CCC(=O)OC(C)(C)C)C(N)=O)C2=O. The Balaban J connectivity index is 2.09. The minimum absolute atomic E-state index is 0.00129. The molecule has 1 aliphatic rings. The largest absolute Gasteiger partial charge is 0.490 e. The van der Waals surface area contributed by atoms with Gasteiger partial charge in [0.1, 0.15) is 24.0 Å². The molecule has 2 amide bonds. The molecule has 0 saturated carbocycles. The number of nitrogens with two attached hydrogens (primary N) is 1. The Morgan fingerprint density at radius 3 is 2.67 bits per heavy atom. The summed E-state index contributed by atoms with van der Waals surface area (Å²) in [6.45, 7) is 9.49. The van der Waals surface area contributed by atoms with Gasteiger partial charge in [-0.2, -0.15) is 0 Å². The molecule has 0 aliphatic carbocycles. The molecule has 1 aromatic carbocycles. The number of esters is 1. The van der Waals surface area contributed by atoms with Crippen molar-refractivity contribution in [2.45, 2.75) is 51.8 Å². The first-order valence-electron chi connectivity index (χ1n) is 8.81. The van der Waals surface area contributed by atoms with Crippen LogP contribution >= 0.6 is 0 Å². The molecule has 27 heavy (non-hydrogen) atoms. The lowest BCUT2D eigenvalue weighted by atomic mass is 10.1. The third kappa shape index (κ3) is 5.32. The quantitative estimate of drug-likeness (QED) is 0.555. The number of benzene rings is 1. The van der Waals surface area contributed by atoms with E-state index in [1.165, 1.54) is 4.90 Å². The Morgan fingerprint density at radius 2 is 2.07 bits per heavy atom. The summed E-state index contributed by atoms with van der Waals surface area (Å²) < 4.78 is 10.7. The number of rotatable bonds is 8. The van der Waals surface area contributed by atoms with Crippen molar-refractivity contribution >= 4 is 17.8 Å². The van der Waals surface area contributed by atoms with Crippen LogP contribution in [0.2, 0.25) is 0 Å². The lowest BCUT2D eigenvalue weighted by Gasteiger charge is -2.25. The van der Waals surface area contributed by atoms with Crippen molar-refractivity contribution in [3.8, 4) is 5.75 Å². The van der Waals surface area contributed by atoms with Gasteiger partial charge >= 0.3 is 5.97 Å². The van der Waals surface area contributed by atoms with E-state index in [1.54, 1.807) is 45.0 Å². The number of carbonyl (C=O) groups excluding carboxylic acids is 3. The summed E-state index contributed by atoms with van der Waals surface area (Å²) in [5.41, 5.74) is 6.15. The molecule has 1 heterocycles. The van der Waals surface area contributed by atoms with Crippen LogP contribution in [0.4, 0.5) is 0 Å². The molecular formula is C20H26N2O5. The van der Waals surface area contributed by atoms with E-state index in [0.29, 0.717) is 17.9 Å². The highest BCUT2D eigenvalue weighted by Gasteiger charge is 2.36. The van der Waals surface area contributed by atoms with Crippen molar-refractivity contribution in [3.63, 3.8) is 0 Å². The zero-order chi connectivity index (χ0) is 20.2. The second-order valence-electron chi connectivity index (χ2n) is 7.39. The molecule has 0 spiro atoms. The summed E-state index contributed by atoms with van der Waals surface area (Å²) in [5, 5.41) is 0. The van der Waals surface area contributed by atoms with E-state index in [-0.39, 0.29) is 25.3 Å². The van der Waals surface area contributed by atoms with E-state index in [4.69, 9.17) is 15.2 Å². The van der Waals surface area contributed by atoms with Crippen LogP contribution in [0.25, 0.3) is 0 Å².